The maximum absolute atomic E-state index is 13.5. The predicted octanol–water partition coefficient (Wildman–Crippen LogP) is 4.78. The van der Waals surface area contributed by atoms with Crippen molar-refractivity contribution in [1.82, 2.24) is 19.0 Å². The van der Waals surface area contributed by atoms with Gasteiger partial charge in [-0.1, -0.05) is 17.7 Å². The van der Waals surface area contributed by atoms with E-state index < -0.39 is 0 Å². The van der Waals surface area contributed by atoms with Gasteiger partial charge in [-0.05, 0) is 70.5 Å². The van der Waals surface area contributed by atoms with Gasteiger partial charge in [-0.2, -0.15) is 0 Å². The molecule has 2 aromatic carbocycles. The van der Waals surface area contributed by atoms with Crippen molar-refractivity contribution < 1.29 is 9.53 Å². The molecular formula is C25H20BrClN4O3. The highest BCUT2D eigenvalue weighted by Crippen LogP contribution is 2.30. The maximum atomic E-state index is 13.5. The predicted molar refractivity (Wildman–Crippen MR) is 134 cm³/mol. The Morgan fingerprint density at radius 2 is 1.88 bits per heavy atom. The van der Waals surface area contributed by atoms with Crippen LogP contribution in [-0.4, -0.2) is 38.6 Å². The highest BCUT2D eigenvalue weighted by atomic mass is 79.9. The van der Waals surface area contributed by atoms with Crippen LogP contribution in [0.4, 0.5) is 0 Å². The molecule has 0 fully saturated rings. The second-order valence-electron chi connectivity index (χ2n) is 7.83. The molecular weight excluding hydrogens is 520 g/mol. The van der Waals surface area contributed by atoms with Crippen molar-refractivity contribution in [2.24, 2.45) is 0 Å². The Kier molecular flexibility index (Phi) is 6.02. The second kappa shape index (κ2) is 9.12. The van der Waals surface area contributed by atoms with E-state index in [9.17, 15) is 9.59 Å². The molecule has 2 aromatic heterocycles. The van der Waals surface area contributed by atoms with Crippen molar-refractivity contribution in [2.75, 3.05) is 13.7 Å². The third kappa shape index (κ3) is 3.93. The zero-order chi connectivity index (χ0) is 23.8. The van der Waals surface area contributed by atoms with Crippen LogP contribution < -0.4 is 10.4 Å². The Labute approximate surface area is 209 Å². The number of hydrogen-bond acceptors (Lipinski definition) is 4. The summed E-state index contributed by atoms with van der Waals surface area (Å²) >= 11 is 9.57. The van der Waals surface area contributed by atoms with Gasteiger partial charge in [0.15, 0.2) is 0 Å². The van der Waals surface area contributed by atoms with Crippen molar-refractivity contribution >= 4 is 33.4 Å². The molecule has 1 amide bonds. The number of amides is 1. The fourth-order valence-corrected chi connectivity index (χ4v) is 4.61. The van der Waals surface area contributed by atoms with Gasteiger partial charge in [0.25, 0.3) is 5.91 Å². The van der Waals surface area contributed by atoms with Crippen LogP contribution in [0.2, 0.25) is 5.02 Å². The summed E-state index contributed by atoms with van der Waals surface area (Å²) in [5.41, 5.74) is 3.10. The molecule has 5 rings (SSSR count). The van der Waals surface area contributed by atoms with Crippen molar-refractivity contribution in [2.45, 2.75) is 13.1 Å². The monoisotopic (exact) mass is 538 g/mol. The molecule has 0 aliphatic carbocycles. The van der Waals surface area contributed by atoms with Crippen molar-refractivity contribution in [3.05, 3.63) is 98.1 Å². The molecule has 0 radical (unpaired) electrons. The lowest BCUT2D eigenvalue weighted by molar-refractivity contribution is 0.0710. The minimum atomic E-state index is -0.167. The highest BCUT2D eigenvalue weighted by molar-refractivity contribution is 9.10. The number of carbonyl (C=O) groups is 1. The van der Waals surface area contributed by atoms with Gasteiger partial charge < -0.3 is 9.64 Å². The van der Waals surface area contributed by atoms with Crippen molar-refractivity contribution in [3.63, 3.8) is 0 Å². The molecule has 4 aromatic rings. The molecule has 1 aliphatic rings. The summed E-state index contributed by atoms with van der Waals surface area (Å²) in [6.45, 7) is 1.07. The van der Waals surface area contributed by atoms with Gasteiger partial charge in [0.05, 0.1) is 41.4 Å². The number of hydrogen-bond donors (Lipinski definition) is 0. The third-order valence-corrected chi connectivity index (χ3v) is 7.10. The number of benzene rings is 2. The Bertz CT molecular complexity index is 1430. The zero-order valence-corrected chi connectivity index (χ0v) is 20.6. The molecule has 34 heavy (non-hydrogen) atoms. The summed E-state index contributed by atoms with van der Waals surface area (Å²) in [4.78, 5) is 33.1. The summed E-state index contributed by atoms with van der Waals surface area (Å²) in [6.07, 6.45) is 1.69. The third-order valence-electron chi connectivity index (χ3n) is 5.87. The lowest BCUT2D eigenvalue weighted by Crippen LogP contribution is -2.40. The molecule has 9 heteroatoms. The molecule has 0 atom stereocenters. The van der Waals surface area contributed by atoms with Crippen LogP contribution in [0, 0.1) is 0 Å². The van der Waals surface area contributed by atoms with E-state index in [1.807, 2.05) is 42.5 Å². The van der Waals surface area contributed by atoms with E-state index in [0.717, 1.165) is 10.2 Å². The molecule has 0 saturated heterocycles. The van der Waals surface area contributed by atoms with Gasteiger partial charge in [0.2, 0.25) is 0 Å². The summed E-state index contributed by atoms with van der Waals surface area (Å²) in [7, 11) is 1.60. The Morgan fingerprint density at radius 1 is 1.09 bits per heavy atom. The largest absolute Gasteiger partial charge is 0.497 e. The smallest absolute Gasteiger partial charge is 0.333 e. The topological polar surface area (TPSA) is 69.4 Å². The minimum absolute atomic E-state index is 0.141. The molecule has 1 aliphatic heterocycles. The van der Waals surface area contributed by atoms with Crippen LogP contribution in [-0.2, 0) is 13.1 Å². The molecule has 0 N–H and O–H groups in total. The fourth-order valence-electron chi connectivity index (χ4n) is 4.18. The highest BCUT2D eigenvalue weighted by Gasteiger charge is 2.30. The summed E-state index contributed by atoms with van der Waals surface area (Å²) in [6, 6.07) is 18.0. The van der Waals surface area contributed by atoms with E-state index in [1.54, 1.807) is 45.5 Å². The average Bonchev–Trinajstić information content (AvgIpc) is 3.17. The molecule has 172 valence electrons. The Balaban J connectivity index is 1.61. The van der Waals surface area contributed by atoms with Crippen molar-refractivity contribution in [3.8, 4) is 22.8 Å². The van der Waals surface area contributed by atoms with E-state index in [0.29, 0.717) is 46.5 Å². The maximum Gasteiger partial charge on any atom is 0.333 e. The number of rotatable bonds is 4. The van der Waals surface area contributed by atoms with Crippen LogP contribution in [0.15, 0.2) is 76.1 Å². The van der Waals surface area contributed by atoms with Crippen LogP contribution in [0.3, 0.4) is 0 Å². The number of ether oxygens (including phenoxy) is 1. The van der Waals surface area contributed by atoms with E-state index in [1.165, 1.54) is 0 Å². The van der Waals surface area contributed by atoms with E-state index >= 15 is 0 Å². The van der Waals surface area contributed by atoms with Crippen LogP contribution in [0.25, 0.3) is 17.1 Å². The number of methoxy groups -OCH3 is 1. The van der Waals surface area contributed by atoms with Crippen LogP contribution in [0.5, 0.6) is 5.75 Å². The van der Waals surface area contributed by atoms with Crippen molar-refractivity contribution in [1.29, 1.82) is 0 Å². The molecule has 0 saturated carbocycles. The molecule has 0 unspecified atom stereocenters. The Morgan fingerprint density at radius 3 is 2.56 bits per heavy atom. The van der Waals surface area contributed by atoms with Gasteiger partial charge in [0, 0.05) is 29.3 Å². The van der Waals surface area contributed by atoms with Gasteiger partial charge >= 0.3 is 5.69 Å². The van der Waals surface area contributed by atoms with E-state index in [2.05, 4.69) is 20.9 Å². The summed E-state index contributed by atoms with van der Waals surface area (Å²) in [5.74, 6) is 0.558. The quantitative estimate of drug-likeness (QED) is 0.374. The second-order valence-corrected chi connectivity index (χ2v) is 9.10. The number of pyridine rings is 1. The summed E-state index contributed by atoms with van der Waals surface area (Å²) < 4.78 is 9.38. The number of carbonyl (C=O) groups excluding carboxylic acids is 1. The van der Waals surface area contributed by atoms with Gasteiger partial charge in [-0.15, -0.1) is 0 Å². The Hall–Kier alpha value is -3.36. The SMILES string of the molecule is COc1ccc(-n2c(-c3ccccn3)c3n(c2=O)CCN(C(=O)c2ccc(Br)c(Cl)c2)C3)cc1. The first kappa shape index (κ1) is 22.4. The minimum Gasteiger partial charge on any atom is -0.497 e. The first-order valence-corrected chi connectivity index (χ1v) is 11.8. The number of aromatic nitrogens is 3. The van der Waals surface area contributed by atoms with E-state index in [-0.39, 0.29) is 18.1 Å². The molecule has 0 bridgehead atoms. The molecule has 3 heterocycles. The lowest BCUT2D eigenvalue weighted by Gasteiger charge is -2.28. The normalized spacial score (nSPS) is 13.0. The average molecular weight is 540 g/mol. The first-order chi connectivity index (χ1) is 16.5. The number of halogens is 2. The number of imidazole rings is 1. The standard InChI is InChI=1S/C25H20BrClN4O3/c1-34-18-8-6-17(7-9-18)31-23(21-4-2-3-11-28-21)22-15-29(12-13-30(22)25(31)33)24(32)16-5-10-19(26)20(27)14-16/h2-11,14H,12-13,15H2,1H3. The van der Waals surface area contributed by atoms with Gasteiger partial charge in [0.1, 0.15) is 5.75 Å². The molecule has 0 spiro atoms. The first-order valence-electron chi connectivity index (χ1n) is 10.6. The van der Waals surface area contributed by atoms with Crippen LogP contribution in [0.1, 0.15) is 16.1 Å². The zero-order valence-electron chi connectivity index (χ0n) is 18.2. The number of fused-ring (bicyclic) bond motifs is 1. The van der Waals surface area contributed by atoms with Gasteiger partial charge in [-0.3, -0.25) is 18.9 Å². The van der Waals surface area contributed by atoms with Crippen LogP contribution >= 0.6 is 27.5 Å². The fraction of sp³-hybridized carbons (Fsp3) is 0.160. The van der Waals surface area contributed by atoms with E-state index in [4.69, 9.17) is 16.3 Å². The molecule has 7 nitrogen and oxygen atoms in total. The lowest BCUT2D eigenvalue weighted by atomic mass is 10.1. The number of nitrogens with zero attached hydrogens (tertiary/aromatic N) is 4. The summed E-state index contributed by atoms with van der Waals surface area (Å²) in [5, 5.41) is 0.472. The van der Waals surface area contributed by atoms with Gasteiger partial charge in [-0.25, -0.2) is 4.79 Å².